The lowest BCUT2D eigenvalue weighted by Crippen LogP contribution is -2.19. The van der Waals surface area contributed by atoms with Gasteiger partial charge in [0.15, 0.2) is 0 Å². The molecule has 3 rings (SSSR count). The molecule has 21 heavy (non-hydrogen) atoms. The Morgan fingerprint density at radius 2 is 1.81 bits per heavy atom. The van der Waals surface area contributed by atoms with Gasteiger partial charge in [0.2, 0.25) is 0 Å². The molecule has 116 valence electrons. The molecule has 5 heteroatoms. The number of nitrogens with one attached hydrogen (secondary N) is 1. The average molecular weight is 315 g/mol. The SMILES string of the molecule is FC(F)(F)c1cc(SC2CCCC2)ccc1CNC1CC1. The molecule has 1 aromatic rings. The first-order valence-electron chi connectivity index (χ1n) is 7.62. The highest BCUT2D eigenvalue weighted by molar-refractivity contribution is 8.00. The molecule has 0 saturated heterocycles. The summed E-state index contributed by atoms with van der Waals surface area (Å²) in [7, 11) is 0. The molecular weight excluding hydrogens is 295 g/mol. The predicted molar refractivity (Wildman–Crippen MR) is 79.4 cm³/mol. The van der Waals surface area contributed by atoms with E-state index >= 15 is 0 Å². The van der Waals surface area contributed by atoms with Crippen LogP contribution in [0.3, 0.4) is 0 Å². The summed E-state index contributed by atoms with van der Waals surface area (Å²) >= 11 is 1.61. The molecule has 0 heterocycles. The van der Waals surface area contributed by atoms with E-state index in [0.29, 0.717) is 23.4 Å². The van der Waals surface area contributed by atoms with Crippen LogP contribution in [0.5, 0.6) is 0 Å². The maximum Gasteiger partial charge on any atom is 0.416 e. The molecule has 0 unspecified atom stereocenters. The smallest absolute Gasteiger partial charge is 0.310 e. The van der Waals surface area contributed by atoms with E-state index < -0.39 is 11.7 Å². The van der Waals surface area contributed by atoms with E-state index in [2.05, 4.69) is 5.32 Å². The normalized spacial score (nSPS) is 20.1. The average Bonchev–Trinajstić information content (AvgIpc) is 3.12. The first-order valence-corrected chi connectivity index (χ1v) is 8.50. The number of hydrogen-bond acceptors (Lipinski definition) is 2. The van der Waals surface area contributed by atoms with Crippen LogP contribution in [0.4, 0.5) is 13.2 Å². The molecule has 0 spiro atoms. The van der Waals surface area contributed by atoms with Gasteiger partial charge in [-0.2, -0.15) is 13.2 Å². The van der Waals surface area contributed by atoms with Crippen LogP contribution >= 0.6 is 11.8 Å². The Hall–Kier alpha value is -0.680. The lowest BCUT2D eigenvalue weighted by Gasteiger charge is -2.16. The van der Waals surface area contributed by atoms with Gasteiger partial charge < -0.3 is 5.32 Å². The summed E-state index contributed by atoms with van der Waals surface area (Å²) in [5.74, 6) is 0. The Kier molecular flexibility index (Phi) is 4.50. The van der Waals surface area contributed by atoms with Gasteiger partial charge in [0.25, 0.3) is 0 Å². The van der Waals surface area contributed by atoms with Gasteiger partial charge in [-0.1, -0.05) is 18.9 Å². The van der Waals surface area contributed by atoms with E-state index in [1.54, 1.807) is 17.8 Å². The number of rotatable bonds is 5. The van der Waals surface area contributed by atoms with Crippen LogP contribution in [-0.2, 0) is 12.7 Å². The van der Waals surface area contributed by atoms with E-state index in [1.165, 1.54) is 18.9 Å². The molecule has 1 aromatic carbocycles. The Bertz CT molecular complexity index is 491. The maximum atomic E-state index is 13.2. The van der Waals surface area contributed by atoms with E-state index in [9.17, 15) is 13.2 Å². The van der Waals surface area contributed by atoms with Gasteiger partial charge in [-0.3, -0.25) is 0 Å². The minimum absolute atomic E-state index is 0.313. The van der Waals surface area contributed by atoms with E-state index in [4.69, 9.17) is 0 Å². The molecule has 0 bridgehead atoms. The van der Waals surface area contributed by atoms with Crippen molar-refractivity contribution >= 4 is 11.8 Å². The number of thioether (sulfide) groups is 1. The topological polar surface area (TPSA) is 12.0 Å². The van der Waals surface area contributed by atoms with E-state index in [-0.39, 0.29) is 0 Å². The summed E-state index contributed by atoms with van der Waals surface area (Å²) in [6, 6.07) is 5.25. The van der Waals surface area contributed by atoms with Crippen molar-refractivity contribution in [1.82, 2.24) is 5.32 Å². The zero-order valence-corrected chi connectivity index (χ0v) is 12.7. The van der Waals surface area contributed by atoms with Crippen LogP contribution in [0.2, 0.25) is 0 Å². The molecule has 0 radical (unpaired) electrons. The van der Waals surface area contributed by atoms with Crippen molar-refractivity contribution in [2.24, 2.45) is 0 Å². The van der Waals surface area contributed by atoms with Gasteiger partial charge in [-0.15, -0.1) is 11.8 Å². The summed E-state index contributed by atoms with van der Waals surface area (Å²) in [6.45, 7) is 0.313. The van der Waals surface area contributed by atoms with Gasteiger partial charge in [-0.05, 0) is 43.4 Å². The van der Waals surface area contributed by atoms with Crippen LogP contribution in [0.15, 0.2) is 23.1 Å². The summed E-state index contributed by atoms with van der Waals surface area (Å²) in [5, 5.41) is 3.66. The molecule has 0 amide bonds. The molecule has 2 fully saturated rings. The second-order valence-corrected chi connectivity index (χ2v) is 7.37. The van der Waals surface area contributed by atoms with Crippen molar-refractivity contribution in [2.45, 2.75) is 67.4 Å². The van der Waals surface area contributed by atoms with Crippen LogP contribution < -0.4 is 5.32 Å². The summed E-state index contributed by atoms with van der Waals surface area (Å²) in [6.07, 6.45) is 2.54. The molecule has 0 aromatic heterocycles. The van der Waals surface area contributed by atoms with Crippen LogP contribution in [0.1, 0.15) is 49.7 Å². The van der Waals surface area contributed by atoms with Crippen LogP contribution in [0, 0.1) is 0 Å². The first-order chi connectivity index (χ1) is 10.0. The number of halogens is 3. The fraction of sp³-hybridized carbons (Fsp3) is 0.625. The minimum Gasteiger partial charge on any atom is -0.310 e. The van der Waals surface area contributed by atoms with Gasteiger partial charge in [-0.25, -0.2) is 0 Å². The largest absolute Gasteiger partial charge is 0.416 e. The zero-order valence-electron chi connectivity index (χ0n) is 11.9. The van der Waals surface area contributed by atoms with Gasteiger partial charge in [0.1, 0.15) is 0 Å². The van der Waals surface area contributed by atoms with E-state index in [0.717, 1.165) is 30.6 Å². The van der Waals surface area contributed by atoms with Crippen molar-refractivity contribution in [3.63, 3.8) is 0 Å². The highest BCUT2D eigenvalue weighted by atomic mass is 32.2. The van der Waals surface area contributed by atoms with Crippen molar-refractivity contribution in [2.75, 3.05) is 0 Å². The highest BCUT2D eigenvalue weighted by Crippen LogP contribution is 2.39. The van der Waals surface area contributed by atoms with Gasteiger partial charge >= 0.3 is 6.18 Å². The predicted octanol–water partition coefficient (Wildman–Crippen LogP) is 4.99. The summed E-state index contributed by atoms with van der Waals surface area (Å²) in [4.78, 5) is 0.754. The fourth-order valence-electron chi connectivity index (χ4n) is 2.79. The molecule has 0 aliphatic heterocycles. The second kappa shape index (κ2) is 6.21. The van der Waals surface area contributed by atoms with E-state index in [1.807, 2.05) is 6.07 Å². The third-order valence-corrected chi connectivity index (χ3v) is 5.48. The lowest BCUT2D eigenvalue weighted by atomic mass is 10.1. The monoisotopic (exact) mass is 315 g/mol. The Labute approximate surface area is 127 Å². The lowest BCUT2D eigenvalue weighted by molar-refractivity contribution is -0.138. The standard InChI is InChI=1S/C16H20F3NS/c17-16(18,19)15-9-14(21-13-3-1-2-4-13)8-5-11(15)10-20-12-6-7-12/h5,8-9,12-13,20H,1-4,6-7,10H2. The maximum absolute atomic E-state index is 13.2. The molecule has 2 saturated carbocycles. The first kappa shape index (κ1) is 15.2. The van der Waals surface area contributed by atoms with Gasteiger partial charge in [0.05, 0.1) is 5.56 Å². The second-order valence-electron chi connectivity index (χ2n) is 6.00. The number of alkyl halides is 3. The van der Waals surface area contributed by atoms with Gasteiger partial charge in [0, 0.05) is 22.7 Å². The summed E-state index contributed by atoms with van der Waals surface area (Å²) < 4.78 is 39.7. The van der Waals surface area contributed by atoms with Crippen LogP contribution in [0.25, 0.3) is 0 Å². The van der Waals surface area contributed by atoms with Crippen LogP contribution in [-0.4, -0.2) is 11.3 Å². The van der Waals surface area contributed by atoms with Crippen molar-refractivity contribution < 1.29 is 13.2 Å². The van der Waals surface area contributed by atoms with Crippen molar-refractivity contribution in [3.05, 3.63) is 29.3 Å². The molecule has 2 aliphatic carbocycles. The summed E-state index contributed by atoms with van der Waals surface area (Å²) in [5.41, 5.74) is -0.108. The Balaban J connectivity index is 1.75. The molecule has 2 aliphatic rings. The molecule has 1 nitrogen and oxygen atoms in total. The number of benzene rings is 1. The van der Waals surface area contributed by atoms with Crippen molar-refractivity contribution in [3.8, 4) is 0 Å². The Morgan fingerprint density at radius 1 is 1.10 bits per heavy atom. The Morgan fingerprint density at radius 3 is 2.43 bits per heavy atom. The van der Waals surface area contributed by atoms with Crippen molar-refractivity contribution in [1.29, 1.82) is 0 Å². The zero-order chi connectivity index (χ0) is 14.9. The fourth-order valence-corrected chi connectivity index (χ4v) is 4.07. The quantitative estimate of drug-likeness (QED) is 0.821. The third-order valence-electron chi connectivity index (χ3n) is 4.15. The highest BCUT2D eigenvalue weighted by Gasteiger charge is 2.34. The minimum atomic E-state index is -4.27. The third kappa shape index (κ3) is 4.16. The molecular formula is C16H20F3NS. The molecule has 0 atom stereocenters. The molecule has 1 N–H and O–H groups in total. The number of hydrogen-bond donors (Lipinski definition) is 1.